The van der Waals surface area contributed by atoms with Crippen LogP contribution in [0, 0.1) is 0 Å². The highest BCUT2D eigenvalue weighted by Crippen LogP contribution is 2.24. The second-order valence-corrected chi connectivity index (χ2v) is 4.94. The summed E-state index contributed by atoms with van der Waals surface area (Å²) in [6.07, 6.45) is 1.04. The summed E-state index contributed by atoms with van der Waals surface area (Å²) in [5, 5.41) is 3.06. The second kappa shape index (κ2) is 6.00. The molecule has 0 fully saturated rings. The molecule has 1 aromatic rings. The molecule has 0 unspecified atom stereocenters. The number of hydrogen-bond donors (Lipinski definition) is 1. The highest BCUT2D eigenvalue weighted by Gasteiger charge is 2.23. The molecule has 18 heavy (non-hydrogen) atoms. The first-order chi connectivity index (χ1) is 8.44. The third kappa shape index (κ3) is 3.32. The molecule has 0 spiro atoms. The monoisotopic (exact) mass is 252 g/mol. The van der Waals surface area contributed by atoms with Gasteiger partial charge in [0.2, 0.25) is 0 Å². The fourth-order valence-corrected chi connectivity index (χ4v) is 1.52. The maximum Gasteiger partial charge on any atom is 0.158 e. The van der Waals surface area contributed by atoms with Crippen LogP contribution < -0.4 is 10.2 Å². The van der Waals surface area contributed by atoms with Crippen LogP contribution in [-0.2, 0) is 11.3 Å². The predicted molar refractivity (Wildman–Crippen MR) is 75.1 cm³/mol. The number of methoxy groups -OCH3 is 1. The Kier molecular flexibility index (Phi) is 4.90. The van der Waals surface area contributed by atoms with E-state index >= 15 is 0 Å². The van der Waals surface area contributed by atoms with Crippen LogP contribution in [0.2, 0.25) is 0 Å². The standard InChI is InChI=1S/C13H24N4O/c1-7-13(2,3)17(5)12-8-10(14-4)15-11(16-12)9-18-6/h8H,7,9H2,1-6H3,(H,14,15,16). The van der Waals surface area contributed by atoms with Crippen LogP contribution in [0.3, 0.4) is 0 Å². The summed E-state index contributed by atoms with van der Waals surface area (Å²) in [5.74, 6) is 2.41. The quantitative estimate of drug-likeness (QED) is 0.842. The molecule has 0 aliphatic heterocycles. The van der Waals surface area contributed by atoms with E-state index in [1.165, 1.54) is 0 Å². The van der Waals surface area contributed by atoms with Crippen molar-refractivity contribution in [2.75, 3.05) is 31.4 Å². The van der Waals surface area contributed by atoms with Crippen molar-refractivity contribution in [3.63, 3.8) is 0 Å². The summed E-state index contributed by atoms with van der Waals surface area (Å²) in [4.78, 5) is 11.1. The molecule has 1 heterocycles. The first kappa shape index (κ1) is 14.7. The predicted octanol–water partition coefficient (Wildman–Crippen LogP) is 2.29. The first-order valence-corrected chi connectivity index (χ1v) is 6.23. The zero-order valence-corrected chi connectivity index (χ0v) is 12.2. The molecule has 0 aliphatic rings. The summed E-state index contributed by atoms with van der Waals surface area (Å²) in [5.41, 5.74) is 0.0592. The third-order valence-electron chi connectivity index (χ3n) is 3.41. The van der Waals surface area contributed by atoms with E-state index in [1.807, 2.05) is 13.1 Å². The lowest BCUT2D eigenvalue weighted by Crippen LogP contribution is -2.41. The summed E-state index contributed by atoms with van der Waals surface area (Å²) >= 11 is 0. The highest BCUT2D eigenvalue weighted by atomic mass is 16.5. The van der Waals surface area contributed by atoms with Crippen LogP contribution in [-0.4, -0.2) is 36.7 Å². The van der Waals surface area contributed by atoms with Crippen molar-refractivity contribution < 1.29 is 4.74 Å². The first-order valence-electron chi connectivity index (χ1n) is 6.23. The molecule has 0 bridgehead atoms. The number of nitrogens with one attached hydrogen (secondary N) is 1. The van der Waals surface area contributed by atoms with E-state index in [0.29, 0.717) is 12.4 Å². The van der Waals surface area contributed by atoms with E-state index in [-0.39, 0.29) is 5.54 Å². The smallest absolute Gasteiger partial charge is 0.158 e. The fraction of sp³-hybridized carbons (Fsp3) is 0.692. The van der Waals surface area contributed by atoms with E-state index in [2.05, 4.69) is 48.0 Å². The number of aromatic nitrogens is 2. The number of ether oxygens (including phenoxy) is 1. The van der Waals surface area contributed by atoms with Gasteiger partial charge in [-0.25, -0.2) is 9.97 Å². The van der Waals surface area contributed by atoms with Gasteiger partial charge in [-0.05, 0) is 20.3 Å². The Bertz CT molecular complexity index is 393. The largest absolute Gasteiger partial charge is 0.377 e. The number of anilines is 2. The van der Waals surface area contributed by atoms with E-state index < -0.39 is 0 Å². The average Bonchev–Trinajstić information content (AvgIpc) is 2.37. The molecule has 0 saturated heterocycles. The van der Waals surface area contributed by atoms with E-state index in [0.717, 1.165) is 18.1 Å². The maximum atomic E-state index is 5.10. The van der Waals surface area contributed by atoms with E-state index in [9.17, 15) is 0 Å². The van der Waals surface area contributed by atoms with Gasteiger partial charge in [-0.1, -0.05) is 6.92 Å². The lowest BCUT2D eigenvalue weighted by atomic mass is 10.00. The van der Waals surface area contributed by atoms with Crippen molar-refractivity contribution in [3.8, 4) is 0 Å². The SMILES string of the molecule is CCC(C)(C)N(C)c1cc(NC)nc(COC)n1. The number of nitrogens with zero attached hydrogens (tertiary/aromatic N) is 3. The van der Waals surface area contributed by atoms with Crippen molar-refractivity contribution >= 4 is 11.6 Å². The Morgan fingerprint density at radius 3 is 2.56 bits per heavy atom. The molecule has 0 atom stereocenters. The maximum absolute atomic E-state index is 5.10. The second-order valence-electron chi connectivity index (χ2n) is 4.94. The normalized spacial score (nSPS) is 11.4. The van der Waals surface area contributed by atoms with Gasteiger partial charge in [0.15, 0.2) is 5.82 Å². The lowest BCUT2D eigenvalue weighted by molar-refractivity contribution is 0.178. The van der Waals surface area contributed by atoms with Crippen LogP contribution in [0.4, 0.5) is 11.6 Å². The van der Waals surface area contributed by atoms with Gasteiger partial charge in [0.25, 0.3) is 0 Å². The summed E-state index contributed by atoms with van der Waals surface area (Å²) < 4.78 is 5.10. The summed E-state index contributed by atoms with van der Waals surface area (Å²) in [6.45, 7) is 6.99. The molecule has 1 rings (SSSR count). The molecule has 5 heteroatoms. The molecule has 0 aliphatic carbocycles. The van der Waals surface area contributed by atoms with Crippen LogP contribution >= 0.6 is 0 Å². The van der Waals surface area contributed by atoms with Crippen LogP contribution in [0.15, 0.2) is 6.07 Å². The molecule has 1 aromatic heterocycles. The van der Waals surface area contributed by atoms with Gasteiger partial charge in [-0.2, -0.15) is 0 Å². The van der Waals surface area contributed by atoms with Gasteiger partial charge < -0.3 is 15.0 Å². The topological polar surface area (TPSA) is 50.3 Å². The molecule has 0 aromatic carbocycles. The van der Waals surface area contributed by atoms with Gasteiger partial charge in [0.05, 0.1) is 0 Å². The van der Waals surface area contributed by atoms with Crippen molar-refractivity contribution in [3.05, 3.63) is 11.9 Å². The number of rotatable bonds is 6. The third-order valence-corrected chi connectivity index (χ3v) is 3.41. The zero-order chi connectivity index (χ0) is 13.8. The molecule has 0 radical (unpaired) electrons. The molecule has 5 nitrogen and oxygen atoms in total. The summed E-state index contributed by atoms with van der Waals surface area (Å²) in [7, 11) is 5.56. The summed E-state index contributed by atoms with van der Waals surface area (Å²) in [6, 6.07) is 1.95. The van der Waals surface area contributed by atoms with Gasteiger partial charge in [0, 0.05) is 32.8 Å². The van der Waals surface area contributed by atoms with Crippen molar-refractivity contribution in [2.24, 2.45) is 0 Å². The van der Waals surface area contributed by atoms with Crippen LogP contribution in [0.25, 0.3) is 0 Å². The molecule has 102 valence electrons. The van der Waals surface area contributed by atoms with Gasteiger partial charge in [-0.15, -0.1) is 0 Å². The van der Waals surface area contributed by atoms with Crippen molar-refractivity contribution in [1.29, 1.82) is 0 Å². The van der Waals surface area contributed by atoms with E-state index in [1.54, 1.807) is 7.11 Å². The van der Waals surface area contributed by atoms with Crippen molar-refractivity contribution in [1.82, 2.24) is 9.97 Å². The van der Waals surface area contributed by atoms with Crippen LogP contribution in [0.5, 0.6) is 0 Å². The zero-order valence-electron chi connectivity index (χ0n) is 12.2. The minimum Gasteiger partial charge on any atom is -0.377 e. The van der Waals surface area contributed by atoms with Crippen LogP contribution in [0.1, 0.15) is 33.0 Å². The molecule has 1 N–H and O–H groups in total. The Morgan fingerprint density at radius 2 is 2.06 bits per heavy atom. The van der Waals surface area contributed by atoms with Crippen molar-refractivity contribution in [2.45, 2.75) is 39.3 Å². The highest BCUT2D eigenvalue weighted by molar-refractivity contribution is 5.50. The fourth-order valence-electron chi connectivity index (χ4n) is 1.52. The molecule has 0 saturated carbocycles. The Hall–Kier alpha value is -1.36. The van der Waals surface area contributed by atoms with E-state index in [4.69, 9.17) is 4.74 Å². The minimum atomic E-state index is 0.0592. The van der Waals surface area contributed by atoms with Gasteiger partial charge >= 0.3 is 0 Å². The van der Waals surface area contributed by atoms with Gasteiger partial charge in [-0.3, -0.25) is 0 Å². The number of hydrogen-bond acceptors (Lipinski definition) is 5. The molecular weight excluding hydrogens is 228 g/mol. The Labute approximate surface area is 110 Å². The Morgan fingerprint density at radius 1 is 1.39 bits per heavy atom. The van der Waals surface area contributed by atoms with Gasteiger partial charge in [0.1, 0.15) is 18.2 Å². The molecular formula is C13H24N4O. The Balaban J connectivity index is 3.11. The average molecular weight is 252 g/mol. The molecule has 0 amide bonds. The lowest BCUT2D eigenvalue weighted by Gasteiger charge is -2.36. The minimum absolute atomic E-state index is 0.0592.